The minimum atomic E-state index is 0.409. The molecule has 0 saturated heterocycles. The van der Waals surface area contributed by atoms with Crippen LogP contribution < -0.4 is 4.74 Å². The van der Waals surface area contributed by atoms with Crippen molar-refractivity contribution >= 4 is 17.4 Å². The van der Waals surface area contributed by atoms with Crippen molar-refractivity contribution in [2.24, 2.45) is 0 Å². The summed E-state index contributed by atoms with van der Waals surface area (Å²) in [5.74, 6) is 1.09. The van der Waals surface area contributed by atoms with Crippen molar-refractivity contribution in [1.82, 2.24) is 19.6 Å². The summed E-state index contributed by atoms with van der Waals surface area (Å²) in [6, 6.07) is 0. The van der Waals surface area contributed by atoms with E-state index in [2.05, 4.69) is 22.0 Å². The Balaban J connectivity index is 2.39. The Bertz CT molecular complexity index is 497. The van der Waals surface area contributed by atoms with E-state index in [4.69, 9.17) is 16.3 Å². The van der Waals surface area contributed by atoms with Gasteiger partial charge in [-0.15, -0.1) is 0 Å². The molecule has 2 aromatic heterocycles. The lowest BCUT2D eigenvalue weighted by Crippen LogP contribution is -2.06. The summed E-state index contributed by atoms with van der Waals surface area (Å²) in [4.78, 5) is 8.08. The lowest BCUT2D eigenvalue weighted by molar-refractivity contribution is 0.287. The first-order chi connectivity index (χ1) is 7.74. The molecule has 0 unspecified atom stereocenters. The second kappa shape index (κ2) is 4.65. The summed E-state index contributed by atoms with van der Waals surface area (Å²) >= 11 is 5.99. The first-order valence-electron chi connectivity index (χ1n) is 5.22. The number of nitrogens with zero attached hydrogens (tertiary/aromatic N) is 4. The van der Waals surface area contributed by atoms with Gasteiger partial charge in [0.25, 0.3) is 5.78 Å². The molecule has 0 aliphatic heterocycles. The van der Waals surface area contributed by atoms with Crippen molar-refractivity contribution in [2.75, 3.05) is 6.61 Å². The maximum absolute atomic E-state index is 5.99. The van der Waals surface area contributed by atoms with E-state index in [1.54, 1.807) is 4.52 Å². The van der Waals surface area contributed by atoms with Crippen LogP contribution in [0.5, 0.6) is 5.88 Å². The Morgan fingerprint density at radius 3 is 3.06 bits per heavy atom. The van der Waals surface area contributed by atoms with Crippen molar-refractivity contribution in [2.45, 2.75) is 26.7 Å². The molecule has 0 saturated carbocycles. The molecule has 0 aromatic carbocycles. The van der Waals surface area contributed by atoms with Gasteiger partial charge in [0.15, 0.2) is 0 Å². The van der Waals surface area contributed by atoms with E-state index in [-0.39, 0.29) is 0 Å². The van der Waals surface area contributed by atoms with Gasteiger partial charge in [-0.3, -0.25) is 0 Å². The molecule has 0 bridgehead atoms. The molecule has 0 amide bonds. The Morgan fingerprint density at radius 2 is 2.31 bits per heavy atom. The minimum absolute atomic E-state index is 0.409. The standard InChI is InChI=1S/C10H13ClN4O/c1-3-4-5-16-9-7(2)8(11)14-10-12-6-13-15(9)10/h6H,3-5H2,1-2H3. The number of aromatic nitrogens is 4. The number of unbranched alkanes of at least 4 members (excludes halogenated alkanes) is 1. The Hall–Kier alpha value is -1.36. The molecule has 0 radical (unpaired) electrons. The quantitative estimate of drug-likeness (QED) is 0.608. The van der Waals surface area contributed by atoms with E-state index in [0.717, 1.165) is 18.4 Å². The largest absolute Gasteiger partial charge is 0.477 e. The Morgan fingerprint density at radius 1 is 1.50 bits per heavy atom. The molecular formula is C10H13ClN4O. The fourth-order valence-corrected chi connectivity index (χ4v) is 1.51. The SMILES string of the molecule is CCCCOc1c(C)c(Cl)nc2ncnn12. The van der Waals surface area contributed by atoms with E-state index in [9.17, 15) is 0 Å². The first kappa shape index (κ1) is 11.1. The molecule has 86 valence electrons. The Kier molecular flexibility index (Phi) is 3.24. The van der Waals surface area contributed by atoms with Crippen molar-refractivity contribution in [3.05, 3.63) is 17.0 Å². The average Bonchev–Trinajstić information content (AvgIpc) is 2.71. The third kappa shape index (κ3) is 1.95. The highest BCUT2D eigenvalue weighted by atomic mass is 35.5. The number of hydrogen-bond donors (Lipinski definition) is 0. The van der Waals surface area contributed by atoms with Crippen molar-refractivity contribution in [3.8, 4) is 5.88 Å². The second-order valence-corrected chi connectivity index (χ2v) is 3.86. The summed E-state index contributed by atoms with van der Waals surface area (Å²) in [7, 11) is 0. The lowest BCUT2D eigenvalue weighted by Gasteiger charge is -2.10. The van der Waals surface area contributed by atoms with Crippen LogP contribution in [0, 0.1) is 6.92 Å². The smallest absolute Gasteiger partial charge is 0.256 e. The van der Waals surface area contributed by atoms with E-state index in [1.165, 1.54) is 6.33 Å². The van der Waals surface area contributed by atoms with Crippen LogP contribution in [-0.4, -0.2) is 26.2 Å². The maximum Gasteiger partial charge on any atom is 0.256 e. The van der Waals surface area contributed by atoms with E-state index >= 15 is 0 Å². The van der Waals surface area contributed by atoms with Gasteiger partial charge < -0.3 is 4.74 Å². The molecule has 5 nitrogen and oxygen atoms in total. The molecule has 0 aliphatic carbocycles. The first-order valence-corrected chi connectivity index (χ1v) is 5.60. The summed E-state index contributed by atoms with van der Waals surface area (Å²) in [5.41, 5.74) is 0.788. The van der Waals surface area contributed by atoms with Gasteiger partial charge in [-0.05, 0) is 13.3 Å². The molecule has 0 N–H and O–H groups in total. The summed E-state index contributed by atoms with van der Waals surface area (Å²) in [6.45, 7) is 4.62. The van der Waals surface area contributed by atoms with Gasteiger partial charge in [-0.1, -0.05) is 24.9 Å². The number of fused-ring (bicyclic) bond motifs is 1. The zero-order valence-electron chi connectivity index (χ0n) is 9.27. The molecule has 2 heterocycles. The third-order valence-corrected chi connectivity index (χ3v) is 2.66. The van der Waals surface area contributed by atoms with Gasteiger partial charge in [0.2, 0.25) is 5.88 Å². The van der Waals surface area contributed by atoms with Crippen LogP contribution in [0.3, 0.4) is 0 Å². The zero-order chi connectivity index (χ0) is 11.5. The van der Waals surface area contributed by atoms with Gasteiger partial charge in [-0.25, -0.2) is 0 Å². The third-order valence-electron chi connectivity index (χ3n) is 2.29. The number of rotatable bonds is 4. The fraction of sp³-hybridized carbons (Fsp3) is 0.500. The van der Waals surface area contributed by atoms with E-state index < -0.39 is 0 Å². The van der Waals surface area contributed by atoms with E-state index in [0.29, 0.717) is 23.4 Å². The lowest BCUT2D eigenvalue weighted by atomic mass is 10.3. The maximum atomic E-state index is 5.99. The molecule has 6 heteroatoms. The van der Waals surface area contributed by atoms with Crippen LogP contribution in [0.1, 0.15) is 25.3 Å². The van der Waals surface area contributed by atoms with Gasteiger partial charge in [0.1, 0.15) is 11.5 Å². The van der Waals surface area contributed by atoms with Crippen LogP contribution in [0.4, 0.5) is 0 Å². The highest BCUT2D eigenvalue weighted by Crippen LogP contribution is 2.24. The van der Waals surface area contributed by atoms with Crippen LogP contribution in [0.2, 0.25) is 5.15 Å². The molecule has 0 aliphatic rings. The number of hydrogen-bond acceptors (Lipinski definition) is 4. The summed E-state index contributed by atoms with van der Waals surface area (Å²) in [5, 5.41) is 4.47. The fourth-order valence-electron chi connectivity index (χ4n) is 1.36. The molecular weight excluding hydrogens is 228 g/mol. The van der Waals surface area contributed by atoms with Crippen molar-refractivity contribution in [3.63, 3.8) is 0 Å². The molecule has 16 heavy (non-hydrogen) atoms. The van der Waals surface area contributed by atoms with Crippen LogP contribution in [0.15, 0.2) is 6.33 Å². The number of halogens is 1. The highest BCUT2D eigenvalue weighted by Gasteiger charge is 2.12. The minimum Gasteiger partial charge on any atom is -0.477 e. The van der Waals surface area contributed by atoms with Crippen LogP contribution >= 0.6 is 11.6 Å². The predicted molar refractivity (Wildman–Crippen MR) is 60.9 cm³/mol. The highest BCUT2D eigenvalue weighted by molar-refractivity contribution is 6.30. The summed E-state index contributed by atoms with van der Waals surface area (Å²) in [6.07, 6.45) is 3.51. The average molecular weight is 241 g/mol. The normalized spacial score (nSPS) is 10.9. The topological polar surface area (TPSA) is 52.3 Å². The second-order valence-electron chi connectivity index (χ2n) is 3.51. The number of ether oxygens (including phenoxy) is 1. The van der Waals surface area contributed by atoms with Crippen molar-refractivity contribution < 1.29 is 4.74 Å². The van der Waals surface area contributed by atoms with Crippen LogP contribution in [-0.2, 0) is 0 Å². The molecule has 0 spiro atoms. The molecule has 0 atom stereocenters. The Labute approximate surface area is 98.4 Å². The molecule has 0 fully saturated rings. The van der Waals surface area contributed by atoms with E-state index in [1.807, 2.05) is 6.92 Å². The van der Waals surface area contributed by atoms with Crippen LogP contribution in [0.25, 0.3) is 5.78 Å². The molecule has 2 rings (SSSR count). The summed E-state index contributed by atoms with van der Waals surface area (Å²) < 4.78 is 7.23. The monoisotopic (exact) mass is 240 g/mol. The van der Waals surface area contributed by atoms with Gasteiger partial charge in [0.05, 0.1) is 6.61 Å². The van der Waals surface area contributed by atoms with Gasteiger partial charge >= 0.3 is 0 Å². The molecule has 2 aromatic rings. The van der Waals surface area contributed by atoms with Gasteiger partial charge in [0, 0.05) is 5.56 Å². The predicted octanol–water partition coefficient (Wildman–Crippen LogP) is 2.27. The zero-order valence-corrected chi connectivity index (χ0v) is 10.0. The van der Waals surface area contributed by atoms with Gasteiger partial charge in [-0.2, -0.15) is 19.6 Å². The van der Waals surface area contributed by atoms with Crippen molar-refractivity contribution in [1.29, 1.82) is 0 Å².